The zero-order chi connectivity index (χ0) is 20.1. The molecule has 0 saturated heterocycles. The van der Waals surface area contributed by atoms with E-state index in [-0.39, 0.29) is 6.03 Å². The number of urea groups is 1. The molecular formula is C20H20N4O3S. The van der Waals surface area contributed by atoms with Crippen molar-refractivity contribution in [2.75, 3.05) is 23.3 Å². The number of benzene rings is 2. The second-order valence-corrected chi connectivity index (χ2v) is 7.94. The standard InChI is InChI=1S/C20H20N4O3S/c1-21-20(25)23-18-7-3-14(4-8-18)16-11-17(13-22-12-16)15-5-9-19(10-6-15)24-28(2,26)27/h3-13,24H,1-2H3,(H2,21,23,25). The van der Waals surface area contributed by atoms with Gasteiger partial charge in [0, 0.05) is 41.9 Å². The Morgan fingerprint density at radius 2 is 1.32 bits per heavy atom. The van der Waals surface area contributed by atoms with Gasteiger partial charge in [-0.15, -0.1) is 0 Å². The fraction of sp³-hybridized carbons (Fsp3) is 0.100. The molecule has 0 fully saturated rings. The summed E-state index contributed by atoms with van der Waals surface area (Å²) in [5.41, 5.74) is 4.94. The number of rotatable bonds is 5. The van der Waals surface area contributed by atoms with Gasteiger partial charge in [0.25, 0.3) is 0 Å². The Labute approximate surface area is 163 Å². The van der Waals surface area contributed by atoms with Gasteiger partial charge in [0.1, 0.15) is 0 Å². The minimum absolute atomic E-state index is 0.273. The molecule has 0 radical (unpaired) electrons. The summed E-state index contributed by atoms with van der Waals surface area (Å²) < 4.78 is 25.1. The van der Waals surface area contributed by atoms with E-state index in [0.717, 1.165) is 28.5 Å². The van der Waals surface area contributed by atoms with Crippen LogP contribution < -0.4 is 15.4 Å². The lowest BCUT2D eigenvalue weighted by atomic mass is 10.0. The van der Waals surface area contributed by atoms with E-state index in [2.05, 4.69) is 20.3 Å². The Bertz CT molecular complexity index is 1080. The Morgan fingerprint density at radius 3 is 1.79 bits per heavy atom. The van der Waals surface area contributed by atoms with E-state index in [0.29, 0.717) is 11.4 Å². The molecule has 0 aliphatic carbocycles. The molecule has 0 atom stereocenters. The van der Waals surface area contributed by atoms with Crippen LogP contribution in [0.15, 0.2) is 67.0 Å². The number of hydrogen-bond donors (Lipinski definition) is 3. The van der Waals surface area contributed by atoms with Crippen molar-refractivity contribution in [1.82, 2.24) is 10.3 Å². The molecule has 28 heavy (non-hydrogen) atoms. The molecule has 3 aromatic rings. The molecule has 8 heteroatoms. The summed E-state index contributed by atoms with van der Waals surface area (Å²) >= 11 is 0. The lowest BCUT2D eigenvalue weighted by Crippen LogP contribution is -2.24. The largest absolute Gasteiger partial charge is 0.341 e. The van der Waals surface area contributed by atoms with Crippen LogP contribution in [-0.4, -0.2) is 32.7 Å². The molecule has 0 aliphatic rings. The van der Waals surface area contributed by atoms with Gasteiger partial charge < -0.3 is 10.6 Å². The Morgan fingerprint density at radius 1 is 0.821 bits per heavy atom. The first-order chi connectivity index (χ1) is 13.3. The van der Waals surface area contributed by atoms with E-state index in [1.54, 1.807) is 31.6 Å². The average molecular weight is 396 g/mol. The van der Waals surface area contributed by atoms with Crippen LogP contribution in [0.3, 0.4) is 0 Å². The van der Waals surface area contributed by atoms with E-state index in [1.807, 2.05) is 42.5 Å². The lowest BCUT2D eigenvalue weighted by molar-refractivity contribution is 0.254. The van der Waals surface area contributed by atoms with Gasteiger partial charge in [-0.2, -0.15) is 0 Å². The van der Waals surface area contributed by atoms with Crippen molar-refractivity contribution >= 4 is 27.4 Å². The van der Waals surface area contributed by atoms with Crippen LogP contribution in [0.2, 0.25) is 0 Å². The number of aromatic nitrogens is 1. The zero-order valence-electron chi connectivity index (χ0n) is 15.4. The summed E-state index contributed by atoms with van der Waals surface area (Å²) in [5, 5.41) is 5.22. The molecule has 3 N–H and O–H groups in total. The van der Waals surface area contributed by atoms with Crippen molar-refractivity contribution in [3.8, 4) is 22.3 Å². The van der Waals surface area contributed by atoms with Crippen LogP contribution >= 0.6 is 0 Å². The molecule has 1 heterocycles. The monoisotopic (exact) mass is 396 g/mol. The maximum absolute atomic E-state index is 11.4. The van der Waals surface area contributed by atoms with Crippen LogP contribution in [0.25, 0.3) is 22.3 Å². The van der Waals surface area contributed by atoms with E-state index in [1.165, 1.54) is 0 Å². The fourth-order valence-electron chi connectivity index (χ4n) is 2.64. The second kappa shape index (κ2) is 8.10. The lowest BCUT2D eigenvalue weighted by Gasteiger charge is -2.09. The number of anilines is 2. The summed E-state index contributed by atoms with van der Waals surface area (Å²) in [6.45, 7) is 0. The summed E-state index contributed by atoms with van der Waals surface area (Å²) in [6.07, 6.45) is 4.64. The van der Waals surface area contributed by atoms with Gasteiger partial charge in [-0.1, -0.05) is 24.3 Å². The highest BCUT2D eigenvalue weighted by Gasteiger charge is 2.06. The molecular weight excluding hydrogens is 376 g/mol. The molecule has 2 amide bonds. The highest BCUT2D eigenvalue weighted by Crippen LogP contribution is 2.27. The van der Waals surface area contributed by atoms with Gasteiger partial charge in [0.05, 0.1) is 6.26 Å². The van der Waals surface area contributed by atoms with Crippen molar-refractivity contribution in [3.63, 3.8) is 0 Å². The molecule has 0 saturated carbocycles. The van der Waals surface area contributed by atoms with Crippen LogP contribution in [0, 0.1) is 0 Å². The van der Waals surface area contributed by atoms with Crippen LogP contribution in [-0.2, 0) is 10.0 Å². The van der Waals surface area contributed by atoms with E-state index in [4.69, 9.17) is 0 Å². The summed E-state index contributed by atoms with van der Waals surface area (Å²) in [5.74, 6) is 0. The Hall–Kier alpha value is -3.39. The molecule has 7 nitrogen and oxygen atoms in total. The van der Waals surface area contributed by atoms with Crippen molar-refractivity contribution < 1.29 is 13.2 Å². The first kappa shape index (κ1) is 19.4. The molecule has 0 unspecified atom stereocenters. The smallest absolute Gasteiger partial charge is 0.318 e. The molecule has 2 aromatic carbocycles. The van der Waals surface area contributed by atoms with Crippen molar-refractivity contribution in [3.05, 3.63) is 67.0 Å². The van der Waals surface area contributed by atoms with E-state index >= 15 is 0 Å². The molecule has 144 valence electrons. The third kappa shape index (κ3) is 5.08. The normalized spacial score (nSPS) is 10.9. The predicted octanol–water partition coefficient (Wildman–Crippen LogP) is 3.54. The Balaban J connectivity index is 1.81. The highest BCUT2D eigenvalue weighted by molar-refractivity contribution is 7.92. The van der Waals surface area contributed by atoms with Gasteiger partial charge >= 0.3 is 6.03 Å². The quantitative estimate of drug-likeness (QED) is 0.614. The van der Waals surface area contributed by atoms with Crippen molar-refractivity contribution in [2.45, 2.75) is 0 Å². The molecule has 3 rings (SSSR count). The summed E-state index contributed by atoms with van der Waals surface area (Å²) in [7, 11) is -1.74. The maximum atomic E-state index is 11.4. The van der Waals surface area contributed by atoms with Crippen molar-refractivity contribution in [2.24, 2.45) is 0 Å². The number of carbonyl (C=O) groups excluding carboxylic acids is 1. The van der Waals surface area contributed by atoms with Gasteiger partial charge in [-0.05, 0) is 41.5 Å². The third-order valence-electron chi connectivity index (χ3n) is 3.96. The number of hydrogen-bond acceptors (Lipinski definition) is 4. The van der Waals surface area contributed by atoms with Gasteiger partial charge in [0.2, 0.25) is 10.0 Å². The van der Waals surface area contributed by atoms with Gasteiger partial charge in [-0.25, -0.2) is 13.2 Å². The van der Waals surface area contributed by atoms with Crippen molar-refractivity contribution in [1.29, 1.82) is 0 Å². The average Bonchev–Trinajstić information content (AvgIpc) is 2.68. The fourth-order valence-corrected chi connectivity index (χ4v) is 3.20. The minimum atomic E-state index is -3.30. The Kier molecular flexibility index (Phi) is 5.60. The number of nitrogens with one attached hydrogen (secondary N) is 3. The molecule has 0 bridgehead atoms. The number of nitrogens with zero attached hydrogens (tertiary/aromatic N) is 1. The van der Waals surface area contributed by atoms with Crippen LogP contribution in [0.1, 0.15) is 0 Å². The SMILES string of the molecule is CNC(=O)Nc1ccc(-c2cncc(-c3ccc(NS(C)(=O)=O)cc3)c2)cc1. The van der Waals surface area contributed by atoms with Gasteiger partial charge in [0.15, 0.2) is 0 Å². The van der Waals surface area contributed by atoms with Crippen LogP contribution in [0.4, 0.5) is 16.2 Å². The third-order valence-corrected chi connectivity index (χ3v) is 4.57. The van der Waals surface area contributed by atoms with Crippen LogP contribution in [0.5, 0.6) is 0 Å². The highest BCUT2D eigenvalue weighted by atomic mass is 32.2. The van der Waals surface area contributed by atoms with E-state index < -0.39 is 10.0 Å². The number of carbonyl (C=O) groups is 1. The topological polar surface area (TPSA) is 100 Å². The molecule has 1 aromatic heterocycles. The first-order valence-electron chi connectivity index (χ1n) is 8.46. The van der Waals surface area contributed by atoms with Gasteiger partial charge in [-0.3, -0.25) is 9.71 Å². The number of amides is 2. The maximum Gasteiger partial charge on any atom is 0.318 e. The summed E-state index contributed by atoms with van der Waals surface area (Å²) in [4.78, 5) is 15.7. The number of pyridine rings is 1. The second-order valence-electron chi connectivity index (χ2n) is 6.20. The molecule has 0 aliphatic heterocycles. The predicted molar refractivity (Wildman–Crippen MR) is 112 cm³/mol. The minimum Gasteiger partial charge on any atom is -0.341 e. The van der Waals surface area contributed by atoms with E-state index in [9.17, 15) is 13.2 Å². The summed E-state index contributed by atoms with van der Waals surface area (Å²) in [6, 6.07) is 16.3. The number of sulfonamides is 1. The first-order valence-corrected chi connectivity index (χ1v) is 10.4. The molecule has 0 spiro atoms. The zero-order valence-corrected chi connectivity index (χ0v) is 16.2.